The number of nitrogens with one attached hydrogen (secondary N) is 1. The van der Waals surface area contributed by atoms with Crippen molar-refractivity contribution < 1.29 is 9.53 Å². The lowest BCUT2D eigenvalue weighted by molar-refractivity contribution is -0.115. The van der Waals surface area contributed by atoms with Gasteiger partial charge < -0.3 is 10.1 Å². The number of aromatic nitrogens is 1. The Balaban J connectivity index is 2.15. The third-order valence-electron chi connectivity index (χ3n) is 3.50. The van der Waals surface area contributed by atoms with E-state index in [-0.39, 0.29) is 12.3 Å². The molecule has 1 heterocycles. The molecule has 1 aromatic carbocycles. The maximum Gasteiger partial charge on any atom is 0.228 e. The fraction of sp³-hybridized carbons (Fsp3) is 0.333. The molecule has 0 saturated heterocycles. The SMILES string of the molecule is COc1ccc(C(C)C)cc1CC(=O)Nc1ccnc(C)c1. The summed E-state index contributed by atoms with van der Waals surface area (Å²) in [5.74, 6) is 1.09. The Kier molecular flexibility index (Phi) is 5.15. The molecule has 0 fully saturated rings. The molecule has 0 atom stereocenters. The fourth-order valence-electron chi connectivity index (χ4n) is 2.30. The summed E-state index contributed by atoms with van der Waals surface area (Å²) in [5, 5.41) is 2.90. The Morgan fingerprint density at radius 2 is 2.05 bits per heavy atom. The molecule has 0 bridgehead atoms. The van der Waals surface area contributed by atoms with Crippen LogP contribution in [0.15, 0.2) is 36.5 Å². The maximum atomic E-state index is 12.3. The summed E-state index contributed by atoms with van der Waals surface area (Å²) in [6, 6.07) is 9.64. The van der Waals surface area contributed by atoms with Crippen LogP contribution in [0.1, 0.15) is 36.6 Å². The maximum absolute atomic E-state index is 12.3. The highest BCUT2D eigenvalue weighted by atomic mass is 16.5. The quantitative estimate of drug-likeness (QED) is 0.915. The fourth-order valence-corrected chi connectivity index (χ4v) is 2.30. The highest BCUT2D eigenvalue weighted by Crippen LogP contribution is 2.25. The molecule has 4 heteroatoms. The summed E-state index contributed by atoms with van der Waals surface area (Å²) in [7, 11) is 1.62. The van der Waals surface area contributed by atoms with Crippen LogP contribution in [-0.2, 0) is 11.2 Å². The molecule has 0 unspecified atom stereocenters. The average molecular weight is 298 g/mol. The standard InChI is InChI=1S/C18H22N2O2/c1-12(2)14-5-6-17(22-4)15(10-14)11-18(21)20-16-7-8-19-13(3)9-16/h5-10,12H,11H2,1-4H3,(H,19,20,21). The van der Waals surface area contributed by atoms with Crippen molar-refractivity contribution in [3.8, 4) is 5.75 Å². The average Bonchev–Trinajstić information content (AvgIpc) is 2.47. The first kappa shape index (κ1) is 16.0. The van der Waals surface area contributed by atoms with Gasteiger partial charge in [0.1, 0.15) is 5.75 Å². The largest absolute Gasteiger partial charge is 0.496 e. The second-order valence-corrected chi connectivity index (χ2v) is 5.64. The summed E-state index contributed by atoms with van der Waals surface area (Å²) >= 11 is 0. The predicted molar refractivity (Wildman–Crippen MR) is 88.4 cm³/mol. The topological polar surface area (TPSA) is 51.2 Å². The van der Waals surface area contributed by atoms with Crippen molar-refractivity contribution in [2.24, 2.45) is 0 Å². The Labute approximate surface area is 131 Å². The highest BCUT2D eigenvalue weighted by molar-refractivity contribution is 5.92. The van der Waals surface area contributed by atoms with Crippen molar-refractivity contribution in [2.45, 2.75) is 33.1 Å². The number of hydrogen-bond acceptors (Lipinski definition) is 3. The Morgan fingerprint density at radius 3 is 2.68 bits per heavy atom. The zero-order chi connectivity index (χ0) is 16.1. The number of methoxy groups -OCH3 is 1. The van der Waals surface area contributed by atoms with E-state index in [4.69, 9.17) is 4.74 Å². The zero-order valence-corrected chi connectivity index (χ0v) is 13.5. The van der Waals surface area contributed by atoms with Crippen molar-refractivity contribution in [1.82, 2.24) is 4.98 Å². The molecule has 22 heavy (non-hydrogen) atoms. The van der Waals surface area contributed by atoms with E-state index in [1.54, 1.807) is 19.4 Å². The van der Waals surface area contributed by atoms with Crippen molar-refractivity contribution in [2.75, 3.05) is 12.4 Å². The molecule has 116 valence electrons. The molecule has 0 spiro atoms. The van der Waals surface area contributed by atoms with E-state index in [9.17, 15) is 4.79 Å². The molecular formula is C18H22N2O2. The van der Waals surface area contributed by atoms with Crippen LogP contribution < -0.4 is 10.1 Å². The summed E-state index contributed by atoms with van der Waals surface area (Å²) in [6.45, 7) is 6.15. The van der Waals surface area contributed by atoms with Crippen LogP contribution in [0.25, 0.3) is 0 Å². The van der Waals surface area contributed by atoms with Gasteiger partial charge in [0, 0.05) is 23.1 Å². The van der Waals surface area contributed by atoms with E-state index in [2.05, 4.69) is 24.1 Å². The molecule has 0 aliphatic heterocycles. The smallest absolute Gasteiger partial charge is 0.228 e. The van der Waals surface area contributed by atoms with Crippen LogP contribution >= 0.6 is 0 Å². The Bertz CT molecular complexity index is 666. The number of amides is 1. The Hall–Kier alpha value is -2.36. The van der Waals surface area contributed by atoms with E-state index >= 15 is 0 Å². The monoisotopic (exact) mass is 298 g/mol. The van der Waals surface area contributed by atoms with Crippen molar-refractivity contribution >= 4 is 11.6 Å². The molecule has 0 aliphatic carbocycles. The van der Waals surface area contributed by atoms with E-state index in [0.29, 0.717) is 5.92 Å². The van der Waals surface area contributed by atoms with Gasteiger partial charge in [-0.05, 0) is 36.6 Å². The number of carbonyl (C=O) groups is 1. The summed E-state index contributed by atoms with van der Waals surface area (Å²) in [4.78, 5) is 16.4. The van der Waals surface area contributed by atoms with Crippen LogP contribution in [0.4, 0.5) is 5.69 Å². The molecule has 0 aliphatic rings. The number of rotatable bonds is 5. The van der Waals surface area contributed by atoms with Gasteiger partial charge >= 0.3 is 0 Å². The van der Waals surface area contributed by atoms with Gasteiger partial charge in [-0.2, -0.15) is 0 Å². The third kappa shape index (κ3) is 4.07. The van der Waals surface area contributed by atoms with Crippen LogP contribution in [0.2, 0.25) is 0 Å². The van der Waals surface area contributed by atoms with Crippen LogP contribution in [0, 0.1) is 6.92 Å². The lowest BCUT2D eigenvalue weighted by Crippen LogP contribution is -2.15. The summed E-state index contributed by atoms with van der Waals surface area (Å²) < 4.78 is 5.36. The van der Waals surface area contributed by atoms with Crippen molar-refractivity contribution in [3.63, 3.8) is 0 Å². The van der Waals surface area contributed by atoms with E-state index in [1.807, 2.05) is 31.2 Å². The van der Waals surface area contributed by atoms with Crippen molar-refractivity contribution in [1.29, 1.82) is 0 Å². The first-order valence-electron chi connectivity index (χ1n) is 7.39. The minimum absolute atomic E-state index is 0.0650. The third-order valence-corrected chi connectivity index (χ3v) is 3.50. The molecular weight excluding hydrogens is 276 g/mol. The van der Waals surface area contributed by atoms with E-state index in [1.165, 1.54) is 5.56 Å². The first-order chi connectivity index (χ1) is 10.5. The normalized spacial score (nSPS) is 10.6. The minimum Gasteiger partial charge on any atom is -0.496 e. The van der Waals surface area contributed by atoms with Crippen LogP contribution in [0.5, 0.6) is 5.75 Å². The number of carbonyl (C=O) groups excluding carboxylic acids is 1. The van der Waals surface area contributed by atoms with Gasteiger partial charge in [0.2, 0.25) is 5.91 Å². The molecule has 2 rings (SSSR count). The van der Waals surface area contributed by atoms with Gasteiger partial charge in [-0.15, -0.1) is 0 Å². The van der Waals surface area contributed by atoms with Gasteiger partial charge in [0.15, 0.2) is 0 Å². The lowest BCUT2D eigenvalue weighted by atomic mass is 9.99. The second-order valence-electron chi connectivity index (χ2n) is 5.64. The molecule has 0 radical (unpaired) electrons. The number of hydrogen-bond donors (Lipinski definition) is 1. The zero-order valence-electron chi connectivity index (χ0n) is 13.5. The summed E-state index contributed by atoms with van der Waals surface area (Å²) in [5.41, 5.74) is 3.73. The molecule has 1 amide bonds. The first-order valence-corrected chi connectivity index (χ1v) is 7.39. The van der Waals surface area contributed by atoms with Gasteiger partial charge in [0.05, 0.1) is 13.5 Å². The van der Waals surface area contributed by atoms with E-state index in [0.717, 1.165) is 22.7 Å². The van der Waals surface area contributed by atoms with Gasteiger partial charge in [-0.1, -0.05) is 26.0 Å². The molecule has 1 N–H and O–H groups in total. The van der Waals surface area contributed by atoms with E-state index < -0.39 is 0 Å². The highest BCUT2D eigenvalue weighted by Gasteiger charge is 2.11. The number of anilines is 1. The molecule has 4 nitrogen and oxygen atoms in total. The number of benzene rings is 1. The van der Waals surface area contributed by atoms with Crippen molar-refractivity contribution in [3.05, 3.63) is 53.3 Å². The Morgan fingerprint density at radius 1 is 1.27 bits per heavy atom. The molecule has 2 aromatic rings. The van der Waals surface area contributed by atoms with Gasteiger partial charge in [-0.25, -0.2) is 0 Å². The van der Waals surface area contributed by atoms with Gasteiger partial charge in [0.25, 0.3) is 0 Å². The molecule has 0 saturated carbocycles. The second kappa shape index (κ2) is 7.07. The molecule has 1 aromatic heterocycles. The van der Waals surface area contributed by atoms with Crippen LogP contribution in [0.3, 0.4) is 0 Å². The minimum atomic E-state index is -0.0650. The van der Waals surface area contributed by atoms with Crippen LogP contribution in [-0.4, -0.2) is 18.0 Å². The lowest BCUT2D eigenvalue weighted by Gasteiger charge is -2.13. The summed E-state index contributed by atoms with van der Waals surface area (Å²) in [6.07, 6.45) is 1.97. The number of aryl methyl sites for hydroxylation is 1. The number of ether oxygens (including phenoxy) is 1. The van der Waals surface area contributed by atoms with Gasteiger partial charge in [-0.3, -0.25) is 9.78 Å². The number of nitrogens with zero attached hydrogens (tertiary/aromatic N) is 1. The number of pyridine rings is 1. The predicted octanol–water partition coefficient (Wildman–Crippen LogP) is 3.70.